The fourth-order valence-corrected chi connectivity index (χ4v) is 5.29. The zero-order chi connectivity index (χ0) is 39.6. The van der Waals surface area contributed by atoms with Gasteiger partial charge in [-0.3, -0.25) is 19.2 Å². The zero-order valence-electron chi connectivity index (χ0n) is 31.7. The molecule has 56 heavy (non-hydrogen) atoms. The number of hydroxylamine groups is 2. The Bertz CT molecular complexity index is 1610. The van der Waals surface area contributed by atoms with Crippen molar-refractivity contribution in [2.75, 3.05) is 104 Å². The lowest BCUT2D eigenvalue weighted by Gasteiger charge is -2.26. The second-order valence-electron chi connectivity index (χ2n) is 12.3. The van der Waals surface area contributed by atoms with Crippen molar-refractivity contribution in [2.24, 2.45) is 0 Å². The highest BCUT2D eigenvalue weighted by molar-refractivity contribution is 6.01. The molecule has 1 fully saturated rings. The number of hydrogen-bond acceptors (Lipinski definition) is 13. The number of imide groups is 1. The van der Waals surface area contributed by atoms with Crippen molar-refractivity contribution in [3.63, 3.8) is 0 Å². The Balaban J connectivity index is 0.866. The maximum absolute atomic E-state index is 13.3. The molecular weight excluding hydrogens is 730 g/mol. The molecule has 0 radical (unpaired) electrons. The molecule has 2 aromatic carbocycles. The molecule has 0 saturated carbocycles. The predicted molar refractivity (Wildman–Crippen MR) is 200 cm³/mol. The number of amides is 4. The third kappa shape index (κ3) is 16.6. The largest absolute Gasteiger partial charge is 0.379 e. The minimum Gasteiger partial charge on any atom is -0.379 e. The Hall–Kier alpha value is -4.73. The van der Waals surface area contributed by atoms with Gasteiger partial charge in [0.15, 0.2) is 0 Å². The number of nitrogens with zero attached hydrogens (tertiary/aromatic N) is 2. The molecule has 4 rings (SSSR count). The molecule has 2 aliphatic heterocycles. The summed E-state index contributed by atoms with van der Waals surface area (Å²) >= 11 is 0. The summed E-state index contributed by atoms with van der Waals surface area (Å²) in [6.45, 7) is 5.53. The summed E-state index contributed by atoms with van der Waals surface area (Å²) in [5, 5.41) is 3.32. The molecule has 1 saturated heterocycles. The molecule has 0 aliphatic carbocycles. The zero-order valence-corrected chi connectivity index (χ0v) is 31.7. The summed E-state index contributed by atoms with van der Waals surface area (Å²) in [5.41, 5.74) is 3.43. The van der Waals surface area contributed by atoms with E-state index in [2.05, 4.69) is 17.2 Å². The molecule has 16 heteroatoms. The van der Waals surface area contributed by atoms with E-state index in [1.165, 1.54) is 0 Å². The average Bonchev–Trinajstić information content (AvgIpc) is 3.51. The van der Waals surface area contributed by atoms with Crippen LogP contribution in [0.5, 0.6) is 0 Å². The first kappa shape index (κ1) is 44.0. The van der Waals surface area contributed by atoms with Crippen molar-refractivity contribution in [1.82, 2.24) is 10.4 Å². The number of ether oxygens (including phenoxy) is 7. The molecule has 0 spiro atoms. The van der Waals surface area contributed by atoms with Crippen molar-refractivity contribution in [1.29, 1.82) is 0 Å². The Labute approximate surface area is 326 Å². The first-order valence-corrected chi connectivity index (χ1v) is 18.8. The lowest BCUT2D eigenvalue weighted by atomic mass is 10.0. The van der Waals surface area contributed by atoms with Crippen LogP contribution >= 0.6 is 0 Å². The molecule has 2 aromatic rings. The van der Waals surface area contributed by atoms with Crippen LogP contribution < -0.4 is 10.2 Å². The minimum absolute atomic E-state index is 0.0508. The molecule has 0 atom stereocenters. The van der Waals surface area contributed by atoms with E-state index in [-0.39, 0.29) is 70.3 Å². The van der Waals surface area contributed by atoms with Crippen LogP contribution in [0.25, 0.3) is 0 Å². The Morgan fingerprint density at radius 2 is 1.04 bits per heavy atom. The fourth-order valence-electron chi connectivity index (χ4n) is 5.29. The Morgan fingerprint density at radius 3 is 1.61 bits per heavy atom. The van der Waals surface area contributed by atoms with E-state index in [1.54, 1.807) is 4.90 Å². The normalized spacial score (nSPS) is 13.4. The first-order chi connectivity index (χ1) is 27.4. The standard InChI is InChI=1S/C40H51N3O13/c44-36(41-16-13-37(45)42-31-34-7-2-1-5-32(34)9-10-33-6-3-4-8-35(33)42)14-17-49-19-21-51-23-25-53-27-29-55-30-28-54-26-24-52-22-20-50-18-15-40(48)56-43-38(46)11-12-39(43)47/h1-8H,11-31H2,(H,41,44). The van der Waals surface area contributed by atoms with Crippen molar-refractivity contribution in [3.05, 3.63) is 65.2 Å². The molecule has 2 aliphatic rings. The number of para-hydroxylation sites is 1. The molecular formula is C40H51N3O13. The maximum atomic E-state index is 13.3. The third-order valence-corrected chi connectivity index (χ3v) is 8.19. The van der Waals surface area contributed by atoms with E-state index in [0.29, 0.717) is 84.3 Å². The van der Waals surface area contributed by atoms with Gasteiger partial charge in [-0.15, -0.1) is 5.06 Å². The Kier molecular flexibility index (Phi) is 20.6. The number of rotatable bonds is 28. The van der Waals surface area contributed by atoms with Crippen LogP contribution in [0.2, 0.25) is 0 Å². The number of anilines is 1. The number of benzene rings is 2. The highest BCUT2D eigenvalue weighted by atomic mass is 16.7. The summed E-state index contributed by atoms with van der Waals surface area (Å²) in [6, 6.07) is 15.4. The van der Waals surface area contributed by atoms with Gasteiger partial charge in [-0.05, 0) is 23.8 Å². The van der Waals surface area contributed by atoms with Gasteiger partial charge in [0, 0.05) is 43.4 Å². The molecule has 0 unspecified atom stereocenters. The van der Waals surface area contributed by atoms with E-state index in [4.69, 9.17) is 38.0 Å². The summed E-state index contributed by atoms with van der Waals surface area (Å²) < 4.78 is 38.0. The second-order valence-corrected chi connectivity index (χ2v) is 12.3. The summed E-state index contributed by atoms with van der Waals surface area (Å²) in [4.78, 5) is 66.6. The average molecular weight is 782 g/mol. The van der Waals surface area contributed by atoms with Gasteiger partial charge in [0.2, 0.25) is 11.8 Å². The van der Waals surface area contributed by atoms with Crippen molar-refractivity contribution < 1.29 is 62.0 Å². The molecule has 2 heterocycles. The SMILES string of the molecule is O=C(CCOCCOCCOCCOCCOCCOCCOCCC(=O)ON1C(=O)CCC1=O)NCCC(=O)N1Cc2ccccc2C#Cc2ccccc21. The number of carbonyl (C=O) groups excluding carboxylic acids is 5. The topological polar surface area (TPSA) is 178 Å². The van der Waals surface area contributed by atoms with E-state index in [1.807, 2.05) is 48.5 Å². The molecule has 304 valence electrons. The van der Waals surface area contributed by atoms with E-state index in [9.17, 15) is 24.0 Å². The van der Waals surface area contributed by atoms with Gasteiger partial charge in [0.1, 0.15) is 0 Å². The maximum Gasteiger partial charge on any atom is 0.335 e. The van der Waals surface area contributed by atoms with Crippen molar-refractivity contribution in [3.8, 4) is 11.8 Å². The van der Waals surface area contributed by atoms with Gasteiger partial charge in [0.25, 0.3) is 11.8 Å². The minimum atomic E-state index is -0.708. The first-order valence-electron chi connectivity index (χ1n) is 18.8. The van der Waals surface area contributed by atoms with E-state index < -0.39 is 17.8 Å². The second kappa shape index (κ2) is 26.2. The van der Waals surface area contributed by atoms with Crippen LogP contribution in [-0.2, 0) is 68.5 Å². The van der Waals surface area contributed by atoms with Crippen LogP contribution in [0.15, 0.2) is 48.5 Å². The number of fused-ring (bicyclic) bond motifs is 2. The predicted octanol–water partition coefficient (Wildman–Crippen LogP) is 1.94. The van der Waals surface area contributed by atoms with E-state index in [0.717, 1.165) is 22.4 Å². The molecule has 0 bridgehead atoms. The highest BCUT2D eigenvalue weighted by Gasteiger charge is 2.32. The quantitative estimate of drug-likeness (QED) is 0.0754. The molecule has 1 N–H and O–H groups in total. The van der Waals surface area contributed by atoms with Gasteiger partial charge < -0.3 is 48.2 Å². The lowest BCUT2D eigenvalue weighted by molar-refractivity contribution is -0.198. The third-order valence-electron chi connectivity index (χ3n) is 8.19. The van der Waals surface area contributed by atoms with Gasteiger partial charge in [-0.25, -0.2) is 4.79 Å². The summed E-state index contributed by atoms with van der Waals surface area (Å²) in [6.07, 6.45) is 0.357. The van der Waals surface area contributed by atoms with E-state index >= 15 is 0 Å². The van der Waals surface area contributed by atoms with Gasteiger partial charge in [-0.1, -0.05) is 42.2 Å². The lowest BCUT2D eigenvalue weighted by Crippen LogP contribution is -2.35. The van der Waals surface area contributed by atoms with Gasteiger partial charge >= 0.3 is 5.97 Å². The van der Waals surface area contributed by atoms with Crippen LogP contribution in [-0.4, -0.2) is 134 Å². The van der Waals surface area contributed by atoms with Crippen LogP contribution in [0.1, 0.15) is 48.8 Å². The molecule has 0 aromatic heterocycles. The van der Waals surface area contributed by atoms with Crippen LogP contribution in [0, 0.1) is 11.8 Å². The van der Waals surface area contributed by atoms with Crippen LogP contribution in [0.3, 0.4) is 0 Å². The van der Waals surface area contributed by atoms with Gasteiger partial charge in [-0.2, -0.15) is 0 Å². The van der Waals surface area contributed by atoms with Crippen molar-refractivity contribution >= 4 is 35.3 Å². The Morgan fingerprint density at radius 1 is 0.571 bits per heavy atom. The number of nitrogens with one attached hydrogen (secondary N) is 1. The fraction of sp³-hybridized carbons (Fsp3) is 0.525. The highest BCUT2D eigenvalue weighted by Crippen LogP contribution is 2.25. The summed E-state index contributed by atoms with van der Waals surface area (Å²) in [5.74, 6) is 4.37. The number of carbonyl (C=O) groups is 5. The molecule has 16 nitrogen and oxygen atoms in total. The smallest absolute Gasteiger partial charge is 0.335 e. The van der Waals surface area contributed by atoms with Gasteiger partial charge in [0.05, 0.1) is 111 Å². The monoisotopic (exact) mass is 781 g/mol. The van der Waals surface area contributed by atoms with Crippen LogP contribution in [0.4, 0.5) is 5.69 Å². The summed E-state index contributed by atoms with van der Waals surface area (Å²) in [7, 11) is 0. The van der Waals surface area contributed by atoms with Crippen molar-refractivity contribution in [2.45, 2.75) is 38.6 Å². The molecule has 4 amide bonds. The number of hydrogen-bond donors (Lipinski definition) is 1.